The standard InChI is InChI=1S/C47H49F2N5O5/c48-38-2-1-3-39(49)44(38)37-26-59-41-23-34(55)9-11-36(41)43(37)30-4-6-32(7-5-30)52-18-14-29(15-19-52)24-51-20-16-47(17-21-51)27-53(28-47)33-8-10-35-31(22-33)25-54(46(35)58)40-12-13-42(56)50-45(40)57/h1-11,22-23,29,37,40,43,55H,12-21,24-28H2,(H,50,56,57). The summed E-state index contributed by atoms with van der Waals surface area (Å²) < 4.78 is 36.2. The molecule has 6 aliphatic heterocycles. The zero-order valence-corrected chi connectivity index (χ0v) is 33.0. The lowest BCUT2D eigenvalue weighted by atomic mass is 9.71. The minimum atomic E-state index is -0.599. The molecule has 4 fully saturated rings. The van der Waals surface area contributed by atoms with Gasteiger partial charge >= 0.3 is 0 Å². The molecule has 10 nitrogen and oxygen atoms in total. The number of rotatable bonds is 7. The third-order valence-electron chi connectivity index (χ3n) is 14.1. The van der Waals surface area contributed by atoms with Gasteiger partial charge in [-0.05, 0) is 111 Å². The number of phenols is 1. The van der Waals surface area contributed by atoms with Crippen LogP contribution >= 0.6 is 0 Å². The van der Waals surface area contributed by atoms with Crippen molar-refractivity contribution in [2.75, 3.05) is 62.2 Å². The van der Waals surface area contributed by atoms with E-state index in [1.165, 1.54) is 31.0 Å². The summed E-state index contributed by atoms with van der Waals surface area (Å²) in [6.07, 6.45) is 5.25. The van der Waals surface area contributed by atoms with Gasteiger partial charge in [0.15, 0.2) is 0 Å². The molecule has 0 bridgehead atoms. The van der Waals surface area contributed by atoms with Crippen LogP contribution in [0.3, 0.4) is 0 Å². The van der Waals surface area contributed by atoms with Gasteiger partial charge in [0.05, 0.1) is 6.61 Å². The molecule has 4 aromatic carbocycles. The van der Waals surface area contributed by atoms with Gasteiger partial charge in [0.25, 0.3) is 5.91 Å². The highest BCUT2D eigenvalue weighted by molar-refractivity contribution is 6.05. The summed E-state index contributed by atoms with van der Waals surface area (Å²) in [5, 5.41) is 12.5. The number of nitrogens with one attached hydrogen (secondary N) is 1. The van der Waals surface area contributed by atoms with Crippen LogP contribution < -0.4 is 19.9 Å². The molecule has 0 radical (unpaired) electrons. The van der Waals surface area contributed by atoms with E-state index in [0.717, 1.165) is 86.7 Å². The maximum Gasteiger partial charge on any atom is 0.255 e. The number of nitrogens with zero attached hydrogens (tertiary/aromatic N) is 4. The van der Waals surface area contributed by atoms with Gasteiger partial charge in [-0.1, -0.05) is 24.3 Å². The Labute approximate surface area is 342 Å². The number of phenolic OH excluding ortho intramolecular Hbond substituents is 1. The molecule has 6 aliphatic rings. The molecule has 3 atom stereocenters. The summed E-state index contributed by atoms with van der Waals surface area (Å²) in [6.45, 7) is 7.86. The highest BCUT2D eigenvalue weighted by Crippen LogP contribution is 2.49. The number of ether oxygens (including phenoxy) is 1. The fourth-order valence-electron chi connectivity index (χ4n) is 10.8. The molecule has 306 valence electrons. The SMILES string of the molecule is O=C1CCC(N2Cc3cc(N4CC5(CCN(CC6CCN(c7ccc(C8c9ccc(O)cc9OCC8c8c(F)cccc8F)cc7)CC6)CC5)C4)ccc3C2=O)C(=O)N1. The first kappa shape index (κ1) is 37.8. The van der Waals surface area contributed by atoms with E-state index in [1.54, 1.807) is 23.1 Å². The predicted octanol–water partition coefficient (Wildman–Crippen LogP) is 6.56. The maximum atomic E-state index is 15.1. The van der Waals surface area contributed by atoms with E-state index in [4.69, 9.17) is 4.74 Å². The lowest BCUT2D eigenvalue weighted by Gasteiger charge is -2.55. The lowest BCUT2D eigenvalue weighted by molar-refractivity contribution is -0.136. The summed E-state index contributed by atoms with van der Waals surface area (Å²) in [5.41, 5.74) is 5.99. The molecule has 10 rings (SSSR count). The monoisotopic (exact) mass is 801 g/mol. The molecule has 59 heavy (non-hydrogen) atoms. The molecule has 3 unspecified atom stereocenters. The Hall–Kier alpha value is -5.49. The fourth-order valence-corrected chi connectivity index (χ4v) is 10.8. The Bertz CT molecular complexity index is 2280. The van der Waals surface area contributed by atoms with Crippen LogP contribution in [0.5, 0.6) is 11.5 Å². The number of fused-ring (bicyclic) bond motifs is 2. The molecule has 0 saturated carbocycles. The van der Waals surface area contributed by atoms with Crippen molar-refractivity contribution in [3.05, 3.63) is 118 Å². The molecule has 4 aromatic rings. The predicted molar refractivity (Wildman–Crippen MR) is 219 cm³/mol. The number of aromatic hydroxyl groups is 1. The minimum absolute atomic E-state index is 0.0262. The summed E-state index contributed by atoms with van der Waals surface area (Å²) in [6, 6.07) is 22.8. The fraction of sp³-hybridized carbons (Fsp3) is 0.426. The van der Waals surface area contributed by atoms with Crippen molar-refractivity contribution >= 4 is 29.1 Å². The molecule has 0 aromatic heterocycles. The van der Waals surface area contributed by atoms with Gasteiger partial charge in [0.2, 0.25) is 11.8 Å². The Kier molecular flexibility index (Phi) is 9.57. The molecular weight excluding hydrogens is 753 g/mol. The number of carbonyl (C=O) groups excluding carboxylic acids is 3. The molecular formula is C47H49F2N5O5. The van der Waals surface area contributed by atoms with Crippen LogP contribution in [0, 0.1) is 23.0 Å². The molecule has 6 heterocycles. The maximum absolute atomic E-state index is 15.1. The zero-order valence-electron chi connectivity index (χ0n) is 33.0. The summed E-state index contributed by atoms with van der Waals surface area (Å²) in [7, 11) is 0. The number of amides is 3. The van der Waals surface area contributed by atoms with Crippen molar-refractivity contribution < 1.29 is 33.0 Å². The minimum Gasteiger partial charge on any atom is -0.508 e. The van der Waals surface area contributed by atoms with Crippen LogP contribution in [0.4, 0.5) is 20.2 Å². The summed E-state index contributed by atoms with van der Waals surface area (Å²) in [4.78, 5) is 46.4. The largest absolute Gasteiger partial charge is 0.508 e. The van der Waals surface area contributed by atoms with Gasteiger partial charge in [-0.2, -0.15) is 0 Å². The molecule has 0 aliphatic carbocycles. The number of likely N-dealkylation sites (tertiary alicyclic amines) is 1. The first-order valence-corrected chi connectivity index (χ1v) is 21.1. The van der Waals surface area contributed by atoms with Gasteiger partial charge in [-0.25, -0.2) is 8.78 Å². The zero-order chi connectivity index (χ0) is 40.4. The first-order valence-electron chi connectivity index (χ1n) is 21.1. The Morgan fingerprint density at radius 2 is 1.54 bits per heavy atom. The Morgan fingerprint density at radius 3 is 2.27 bits per heavy atom. The van der Waals surface area contributed by atoms with Crippen LogP contribution in [0.25, 0.3) is 0 Å². The van der Waals surface area contributed by atoms with Crippen molar-refractivity contribution in [1.29, 1.82) is 0 Å². The number of carbonyl (C=O) groups is 3. The average Bonchev–Trinajstić information content (AvgIpc) is 3.55. The molecule has 12 heteroatoms. The van der Waals surface area contributed by atoms with Gasteiger partial charge in [0.1, 0.15) is 29.2 Å². The van der Waals surface area contributed by atoms with Crippen LogP contribution in [0.2, 0.25) is 0 Å². The van der Waals surface area contributed by atoms with E-state index in [1.807, 2.05) is 12.1 Å². The van der Waals surface area contributed by atoms with Gasteiger partial charge in [0, 0.05) is 97.1 Å². The van der Waals surface area contributed by atoms with Crippen LogP contribution in [-0.2, 0) is 16.1 Å². The lowest BCUT2D eigenvalue weighted by Crippen LogP contribution is -2.60. The van der Waals surface area contributed by atoms with Gasteiger partial charge in [-0.15, -0.1) is 0 Å². The second-order valence-electron chi connectivity index (χ2n) is 17.7. The van der Waals surface area contributed by atoms with E-state index in [9.17, 15) is 19.5 Å². The average molecular weight is 802 g/mol. The topological polar surface area (TPSA) is 106 Å². The number of benzene rings is 4. The molecule has 4 saturated heterocycles. The van der Waals surface area contributed by atoms with Gasteiger partial charge < -0.3 is 29.4 Å². The van der Waals surface area contributed by atoms with Crippen LogP contribution in [-0.4, -0.2) is 91.1 Å². The smallest absolute Gasteiger partial charge is 0.255 e. The molecule has 2 N–H and O–H groups in total. The number of piperidine rings is 3. The second kappa shape index (κ2) is 15.0. The van der Waals surface area contributed by atoms with Crippen molar-refractivity contribution in [2.24, 2.45) is 11.3 Å². The molecule has 3 amide bonds. The first-order chi connectivity index (χ1) is 28.6. The number of halogens is 2. The number of imide groups is 1. The van der Waals surface area contributed by atoms with E-state index in [-0.39, 0.29) is 48.0 Å². The third-order valence-corrected chi connectivity index (χ3v) is 14.1. The van der Waals surface area contributed by atoms with Crippen molar-refractivity contribution in [3.8, 4) is 11.5 Å². The highest BCUT2D eigenvalue weighted by Gasteiger charge is 2.46. The van der Waals surface area contributed by atoms with Crippen molar-refractivity contribution in [1.82, 2.24) is 15.1 Å². The Morgan fingerprint density at radius 1 is 0.814 bits per heavy atom. The quantitative estimate of drug-likeness (QED) is 0.203. The third kappa shape index (κ3) is 6.98. The normalized spacial score (nSPS) is 24.4. The summed E-state index contributed by atoms with van der Waals surface area (Å²) in [5.74, 6) is -1.60. The second-order valence-corrected chi connectivity index (χ2v) is 17.7. The molecule has 1 spiro atoms. The van der Waals surface area contributed by atoms with Crippen molar-refractivity contribution in [3.63, 3.8) is 0 Å². The van der Waals surface area contributed by atoms with Crippen LogP contribution in [0.1, 0.15) is 83.0 Å². The van der Waals surface area contributed by atoms with Gasteiger partial charge in [-0.3, -0.25) is 19.7 Å². The van der Waals surface area contributed by atoms with Crippen LogP contribution in [0.15, 0.2) is 78.9 Å². The number of hydrogen-bond donors (Lipinski definition) is 2. The number of hydrogen-bond acceptors (Lipinski definition) is 8. The van der Waals surface area contributed by atoms with E-state index < -0.39 is 23.6 Å². The highest BCUT2D eigenvalue weighted by atomic mass is 19.1. The summed E-state index contributed by atoms with van der Waals surface area (Å²) >= 11 is 0. The Balaban J connectivity index is 0.716. The van der Waals surface area contributed by atoms with E-state index in [0.29, 0.717) is 35.6 Å². The van der Waals surface area contributed by atoms with E-state index in [2.05, 4.69) is 50.3 Å². The van der Waals surface area contributed by atoms with E-state index >= 15 is 8.78 Å². The van der Waals surface area contributed by atoms with Crippen molar-refractivity contribution in [2.45, 2.75) is 62.9 Å². The number of anilines is 2.